The summed E-state index contributed by atoms with van der Waals surface area (Å²) in [6.45, 7) is 5.17. The zero-order valence-corrected chi connectivity index (χ0v) is 19.3. The van der Waals surface area contributed by atoms with E-state index in [1.165, 1.54) is 9.13 Å². The normalized spacial score (nSPS) is 12.1. The zero-order chi connectivity index (χ0) is 22.7. The molecule has 4 rings (SSSR count). The predicted octanol–water partition coefficient (Wildman–Crippen LogP) is 2.38. The van der Waals surface area contributed by atoms with Crippen molar-refractivity contribution >= 4 is 44.1 Å². The number of carbonyl (C=O) groups is 1. The molecule has 0 amide bonds. The number of halogens is 1. The minimum Gasteiger partial charge on any atom is -0.443 e. The fourth-order valence-electron chi connectivity index (χ4n) is 3.46. The second-order valence-electron chi connectivity index (χ2n) is 8.23. The Kier molecular flexibility index (Phi) is 4.88. The molecule has 0 saturated heterocycles. The van der Waals surface area contributed by atoms with Crippen molar-refractivity contribution in [2.24, 2.45) is 14.1 Å². The van der Waals surface area contributed by atoms with E-state index >= 15 is 0 Å². The minimum atomic E-state index is -0.722. The van der Waals surface area contributed by atoms with Crippen LogP contribution in [0.3, 0.4) is 0 Å². The highest BCUT2D eigenvalue weighted by Crippen LogP contribution is 2.22. The number of hydrogen-bond acceptors (Lipinski definition) is 6. The number of aryl methyl sites for hydroxylation is 2. The molecule has 0 fully saturated rings. The molecule has 31 heavy (non-hydrogen) atoms. The van der Waals surface area contributed by atoms with Crippen molar-refractivity contribution < 1.29 is 9.53 Å². The Labute approximate surface area is 184 Å². The average Bonchev–Trinajstić information content (AvgIpc) is 3.19. The number of nitrogens with zero attached hydrogens (tertiary/aromatic N) is 6. The van der Waals surface area contributed by atoms with Gasteiger partial charge < -0.3 is 9.30 Å². The number of rotatable bonds is 2. The maximum Gasteiger partial charge on any atom is 0.419 e. The molecular weight excluding hydrogens is 468 g/mol. The van der Waals surface area contributed by atoms with Crippen molar-refractivity contribution in [3.05, 3.63) is 55.8 Å². The van der Waals surface area contributed by atoms with Crippen LogP contribution in [0.5, 0.6) is 0 Å². The van der Waals surface area contributed by atoms with Crippen LogP contribution in [0.2, 0.25) is 0 Å². The molecule has 0 atom stereocenters. The number of carbonyl (C=O) groups excluding carboxylic acids is 1. The first-order valence-electron chi connectivity index (χ1n) is 9.49. The highest BCUT2D eigenvalue weighted by Gasteiger charge is 2.24. The summed E-state index contributed by atoms with van der Waals surface area (Å²) in [5, 5.41) is 0.741. The van der Waals surface area contributed by atoms with E-state index < -0.39 is 22.9 Å². The van der Waals surface area contributed by atoms with Crippen LogP contribution in [-0.2, 0) is 25.4 Å². The molecule has 0 unspecified atom stereocenters. The summed E-state index contributed by atoms with van der Waals surface area (Å²) in [4.78, 5) is 47.5. The lowest BCUT2D eigenvalue weighted by Crippen LogP contribution is -2.40. The summed E-state index contributed by atoms with van der Waals surface area (Å²) in [6.07, 6.45) is 2.54. The second kappa shape index (κ2) is 7.19. The van der Waals surface area contributed by atoms with Crippen LogP contribution in [0.25, 0.3) is 22.1 Å². The number of ether oxygens (including phenoxy) is 1. The number of imidazole rings is 1. The Bertz CT molecular complexity index is 1470. The quantitative estimate of drug-likeness (QED) is 0.401. The minimum absolute atomic E-state index is 0.127. The summed E-state index contributed by atoms with van der Waals surface area (Å²) < 4.78 is 11.3. The van der Waals surface area contributed by atoms with Crippen molar-refractivity contribution in [3.8, 4) is 0 Å². The van der Waals surface area contributed by atoms with Gasteiger partial charge >= 0.3 is 11.8 Å². The van der Waals surface area contributed by atoms with Gasteiger partial charge in [-0.15, -0.1) is 0 Å². The fourth-order valence-corrected chi connectivity index (χ4v) is 3.81. The van der Waals surface area contributed by atoms with Gasteiger partial charge in [-0.25, -0.2) is 19.1 Å². The lowest BCUT2D eigenvalue weighted by atomic mass is 10.2. The first kappa shape index (κ1) is 21.0. The van der Waals surface area contributed by atoms with E-state index in [0.29, 0.717) is 15.9 Å². The smallest absolute Gasteiger partial charge is 0.419 e. The number of pyridine rings is 1. The summed E-state index contributed by atoms with van der Waals surface area (Å²) in [6, 6.07) is 3.50. The topological polar surface area (TPSA) is 106 Å². The lowest BCUT2D eigenvalue weighted by molar-refractivity contribution is 0.0539. The largest absolute Gasteiger partial charge is 0.443 e. The van der Waals surface area contributed by atoms with Gasteiger partial charge in [-0.05, 0) is 48.8 Å². The van der Waals surface area contributed by atoms with Crippen molar-refractivity contribution in [2.45, 2.75) is 32.9 Å². The van der Waals surface area contributed by atoms with Crippen LogP contribution in [0, 0.1) is 0 Å². The number of fused-ring (bicyclic) bond motifs is 2. The van der Waals surface area contributed by atoms with Crippen LogP contribution in [0.1, 0.15) is 26.5 Å². The van der Waals surface area contributed by atoms with Gasteiger partial charge in [0.1, 0.15) is 5.60 Å². The SMILES string of the molecule is Cn1c(Br)nc2c1c(=O)n(Cc1cc3ccncc3n1C(=O)OC(C)(C)C)c(=O)n2C. The van der Waals surface area contributed by atoms with Gasteiger partial charge in [-0.3, -0.25) is 18.9 Å². The number of aromatic nitrogens is 6. The molecule has 0 aliphatic carbocycles. The maximum atomic E-state index is 13.2. The van der Waals surface area contributed by atoms with Crippen LogP contribution in [0.4, 0.5) is 4.79 Å². The Morgan fingerprint density at radius 2 is 1.90 bits per heavy atom. The summed E-state index contributed by atoms with van der Waals surface area (Å²) >= 11 is 3.29. The molecule has 0 aliphatic heterocycles. The summed E-state index contributed by atoms with van der Waals surface area (Å²) in [5.74, 6) is 0. The molecule has 4 aromatic heterocycles. The molecule has 0 bridgehead atoms. The van der Waals surface area contributed by atoms with Crippen molar-refractivity contribution in [2.75, 3.05) is 0 Å². The van der Waals surface area contributed by atoms with E-state index in [1.807, 2.05) is 0 Å². The van der Waals surface area contributed by atoms with Gasteiger partial charge in [0, 0.05) is 25.7 Å². The van der Waals surface area contributed by atoms with E-state index in [2.05, 4.69) is 25.9 Å². The molecule has 0 spiro atoms. The number of hydrogen-bond donors (Lipinski definition) is 0. The van der Waals surface area contributed by atoms with Gasteiger partial charge in [0.05, 0.1) is 24.0 Å². The van der Waals surface area contributed by atoms with Crippen LogP contribution in [-0.4, -0.2) is 39.9 Å². The van der Waals surface area contributed by atoms with Crippen LogP contribution < -0.4 is 11.2 Å². The highest BCUT2D eigenvalue weighted by atomic mass is 79.9. The van der Waals surface area contributed by atoms with Gasteiger partial charge in [0.25, 0.3) is 5.56 Å². The first-order valence-corrected chi connectivity index (χ1v) is 10.3. The van der Waals surface area contributed by atoms with Gasteiger partial charge in [-0.1, -0.05) is 0 Å². The van der Waals surface area contributed by atoms with Gasteiger partial charge in [0.2, 0.25) is 0 Å². The Hall–Kier alpha value is -3.21. The van der Waals surface area contributed by atoms with Crippen molar-refractivity contribution in [1.29, 1.82) is 0 Å². The zero-order valence-electron chi connectivity index (χ0n) is 17.7. The third-order valence-corrected chi connectivity index (χ3v) is 5.59. The third kappa shape index (κ3) is 3.48. The maximum absolute atomic E-state index is 13.2. The second-order valence-corrected chi connectivity index (χ2v) is 8.94. The van der Waals surface area contributed by atoms with Crippen molar-refractivity contribution in [3.63, 3.8) is 0 Å². The Balaban J connectivity index is 1.94. The average molecular weight is 489 g/mol. The predicted molar refractivity (Wildman–Crippen MR) is 118 cm³/mol. The molecule has 4 heterocycles. The van der Waals surface area contributed by atoms with E-state index in [4.69, 9.17) is 4.74 Å². The summed E-state index contributed by atoms with van der Waals surface area (Å²) in [5.41, 5.74) is -0.258. The van der Waals surface area contributed by atoms with E-state index in [0.717, 1.165) is 9.95 Å². The molecule has 0 aliphatic rings. The molecule has 0 aromatic carbocycles. The van der Waals surface area contributed by atoms with Crippen LogP contribution >= 0.6 is 15.9 Å². The van der Waals surface area contributed by atoms with E-state index in [-0.39, 0.29) is 17.7 Å². The molecule has 11 heteroatoms. The Morgan fingerprint density at radius 1 is 1.19 bits per heavy atom. The monoisotopic (exact) mass is 488 g/mol. The van der Waals surface area contributed by atoms with Gasteiger partial charge in [-0.2, -0.15) is 0 Å². The molecule has 0 radical (unpaired) electrons. The van der Waals surface area contributed by atoms with Gasteiger partial charge in [0.15, 0.2) is 15.9 Å². The molecule has 0 N–H and O–H groups in total. The third-order valence-electron chi connectivity index (χ3n) is 4.88. The molecule has 0 saturated carbocycles. The van der Waals surface area contributed by atoms with E-state index in [1.54, 1.807) is 64.0 Å². The summed E-state index contributed by atoms with van der Waals surface area (Å²) in [7, 11) is 3.23. The highest BCUT2D eigenvalue weighted by molar-refractivity contribution is 9.10. The molecule has 162 valence electrons. The standard InChI is InChI=1S/C20H21BrN6O4/c1-20(2,3)31-19(30)27-12(8-11-6-7-22-9-13(11)27)10-26-16(28)14-15(25(5)18(26)29)23-17(21)24(14)4/h6-9H,10H2,1-5H3. The molecular formula is C20H21BrN6O4. The van der Waals surface area contributed by atoms with Crippen LogP contribution in [0.15, 0.2) is 38.8 Å². The van der Waals surface area contributed by atoms with E-state index in [9.17, 15) is 14.4 Å². The molecule has 4 aromatic rings. The fraction of sp³-hybridized carbons (Fsp3) is 0.350. The lowest BCUT2D eigenvalue weighted by Gasteiger charge is -2.21. The van der Waals surface area contributed by atoms with Crippen molar-refractivity contribution in [1.82, 2.24) is 28.2 Å². The molecule has 10 nitrogen and oxygen atoms in total. The Morgan fingerprint density at radius 3 is 2.58 bits per heavy atom. The first-order chi connectivity index (χ1) is 14.5.